The van der Waals surface area contributed by atoms with Crippen LogP contribution in [0.3, 0.4) is 0 Å². The molecule has 3 heteroatoms. The lowest BCUT2D eigenvalue weighted by Crippen LogP contribution is -2.46. The van der Waals surface area contributed by atoms with Crippen LogP contribution in [0.4, 0.5) is 0 Å². The van der Waals surface area contributed by atoms with E-state index in [4.69, 9.17) is 14.2 Å². The smallest absolute Gasteiger partial charge is 0.189 e. The van der Waals surface area contributed by atoms with Gasteiger partial charge in [0.15, 0.2) is 5.79 Å². The molecule has 0 bridgehead atoms. The highest BCUT2D eigenvalue weighted by molar-refractivity contribution is 4.76. The van der Waals surface area contributed by atoms with Crippen LogP contribution in [0.25, 0.3) is 0 Å². The summed E-state index contributed by atoms with van der Waals surface area (Å²) in [6.07, 6.45) is 25.8. The fraction of sp³-hybridized carbons (Fsp3) is 1.00. The van der Waals surface area contributed by atoms with Crippen LogP contribution in [0, 0.1) is 5.92 Å². The molecule has 192 valence electrons. The van der Waals surface area contributed by atoms with Crippen molar-refractivity contribution >= 4 is 0 Å². The molecule has 1 fully saturated rings. The zero-order chi connectivity index (χ0) is 23.3. The predicted octanol–water partition coefficient (Wildman–Crippen LogP) is 9.22. The van der Waals surface area contributed by atoms with Gasteiger partial charge in [-0.1, -0.05) is 124 Å². The van der Waals surface area contributed by atoms with Gasteiger partial charge in [0, 0.05) is 6.61 Å². The van der Waals surface area contributed by atoms with Gasteiger partial charge in [-0.3, -0.25) is 0 Å². The molecular weight excluding hydrogens is 396 g/mol. The fourth-order valence-corrected chi connectivity index (χ4v) is 4.95. The Balaban J connectivity index is 2.40. The molecule has 1 saturated heterocycles. The van der Waals surface area contributed by atoms with Crippen molar-refractivity contribution in [1.29, 1.82) is 0 Å². The van der Waals surface area contributed by atoms with E-state index in [9.17, 15) is 0 Å². The summed E-state index contributed by atoms with van der Waals surface area (Å²) in [6, 6.07) is 0. The first-order valence-corrected chi connectivity index (χ1v) is 14.5. The zero-order valence-corrected chi connectivity index (χ0v) is 22.4. The monoisotopic (exact) mass is 454 g/mol. The number of hydrogen-bond donors (Lipinski definition) is 0. The van der Waals surface area contributed by atoms with Gasteiger partial charge in [-0.05, 0) is 32.1 Å². The van der Waals surface area contributed by atoms with E-state index in [-0.39, 0.29) is 0 Å². The van der Waals surface area contributed by atoms with E-state index in [1.165, 1.54) is 109 Å². The molecule has 3 atom stereocenters. The first-order valence-electron chi connectivity index (χ1n) is 14.5. The molecule has 0 aliphatic carbocycles. The van der Waals surface area contributed by atoms with Crippen molar-refractivity contribution in [2.75, 3.05) is 19.8 Å². The summed E-state index contributed by atoms with van der Waals surface area (Å²) in [5.74, 6) is 0.255. The molecule has 0 aromatic heterocycles. The highest BCUT2D eigenvalue weighted by Crippen LogP contribution is 2.31. The second-order valence-electron chi connectivity index (χ2n) is 10.5. The molecule has 0 aromatic carbocycles. The van der Waals surface area contributed by atoms with Gasteiger partial charge in [-0.15, -0.1) is 0 Å². The van der Waals surface area contributed by atoms with Gasteiger partial charge in [-0.2, -0.15) is 0 Å². The van der Waals surface area contributed by atoms with E-state index in [0.717, 1.165) is 32.0 Å². The van der Waals surface area contributed by atoms with Crippen LogP contribution in [0.1, 0.15) is 150 Å². The number of ether oxygens (including phenoxy) is 3. The van der Waals surface area contributed by atoms with E-state index in [0.29, 0.717) is 12.7 Å². The minimum atomic E-state index is -0.555. The van der Waals surface area contributed by atoms with Crippen molar-refractivity contribution in [2.24, 2.45) is 5.92 Å². The van der Waals surface area contributed by atoms with Gasteiger partial charge in [0.1, 0.15) is 6.61 Å². The second kappa shape index (κ2) is 20.3. The summed E-state index contributed by atoms with van der Waals surface area (Å²) >= 11 is 0. The number of hydrogen-bond acceptors (Lipinski definition) is 3. The quantitative estimate of drug-likeness (QED) is 0.153. The predicted molar refractivity (Wildman–Crippen MR) is 138 cm³/mol. The minimum absolute atomic E-state index is 0.332. The van der Waals surface area contributed by atoms with Gasteiger partial charge in [0.2, 0.25) is 0 Å². The maximum Gasteiger partial charge on any atom is 0.189 e. The Morgan fingerprint density at radius 2 is 1.28 bits per heavy atom. The van der Waals surface area contributed by atoms with Crippen LogP contribution >= 0.6 is 0 Å². The molecular formula is C29H58O3. The molecule has 0 N–H and O–H groups in total. The van der Waals surface area contributed by atoms with Crippen LogP contribution in [-0.4, -0.2) is 31.7 Å². The Bertz CT molecular complexity index is 400. The van der Waals surface area contributed by atoms with Crippen molar-refractivity contribution in [3.05, 3.63) is 0 Å². The maximum atomic E-state index is 6.47. The number of unbranched alkanes of at least 4 members (excludes halogenated alkanes) is 12. The van der Waals surface area contributed by atoms with Crippen LogP contribution in [-0.2, 0) is 14.2 Å². The fourth-order valence-electron chi connectivity index (χ4n) is 4.95. The third-order valence-electron chi connectivity index (χ3n) is 7.05. The van der Waals surface area contributed by atoms with Gasteiger partial charge in [-0.25, -0.2) is 0 Å². The molecule has 1 heterocycles. The van der Waals surface area contributed by atoms with E-state index in [2.05, 4.69) is 27.7 Å². The first-order chi connectivity index (χ1) is 15.6. The lowest BCUT2D eigenvalue weighted by molar-refractivity contribution is -0.303. The lowest BCUT2D eigenvalue weighted by Gasteiger charge is -2.39. The molecule has 0 saturated carbocycles. The Hall–Kier alpha value is -0.120. The van der Waals surface area contributed by atoms with Crippen molar-refractivity contribution in [3.63, 3.8) is 0 Å². The lowest BCUT2D eigenvalue weighted by atomic mass is 9.88. The minimum Gasteiger partial charge on any atom is -0.376 e. The topological polar surface area (TPSA) is 27.7 Å². The Morgan fingerprint density at radius 1 is 0.750 bits per heavy atom. The molecule has 3 nitrogen and oxygen atoms in total. The SMILES string of the molecule is CCCCCCCCCC(CCCCCCCC)CC1CCOC(C)(COCCCC)O1. The standard InChI is InChI=1S/C29H58O3/c1-5-8-11-13-15-17-19-21-27(20-18-16-14-12-9-6-2)25-28-22-24-31-29(4,32-28)26-30-23-10-7-3/h27-28H,5-26H2,1-4H3. The van der Waals surface area contributed by atoms with Crippen molar-refractivity contribution < 1.29 is 14.2 Å². The summed E-state index contributed by atoms with van der Waals surface area (Å²) in [5.41, 5.74) is 0. The summed E-state index contributed by atoms with van der Waals surface area (Å²) in [6.45, 7) is 11.0. The molecule has 3 unspecified atom stereocenters. The van der Waals surface area contributed by atoms with Crippen LogP contribution < -0.4 is 0 Å². The summed E-state index contributed by atoms with van der Waals surface area (Å²) in [4.78, 5) is 0. The third-order valence-corrected chi connectivity index (χ3v) is 7.05. The molecule has 0 radical (unpaired) electrons. The Morgan fingerprint density at radius 3 is 1.84 bits per heavy atom. The van der Waals surface area contributed by atoms with Gasteiger partial charge >= 0.3 is 0 Å². The molecule has 0 aromatic rings. The van der Waals surface area contributed by atoms with Gasteiger partial charge < -0.3 is 14.2 Å². The Labute approximate surface area is 201 Å². The molecule has 1 aliphatic rings. The number of rotatable bonds is 22. The van der Waals surface area contributed by atoms with Gasteiger partial charge in [0.05, 0.1) is 12.7 Å². The van der Waals surface area contributed by atoms with Crippen molar-refractivity contribution in [1.82, 2.24) is 0 Å². The van der Waals surface area contributed by atoms with Gasteiger partial charge in [0.25, 0.3) is 0 Å². The average Bonchev–Trinajstić information content (AvgIpc) is 2.78. The highest BCUT2D eigenvalue weighted by atomic mass is 16.7. The highest BCUT2D eigenvalue weighted by Gasteiger charge is 2.35. The van der Waals surface area contributed by atoms with E-state index in [1.54, 1.807) is 0 Å². The average molecular weight is 455 g/mol. The van der Waals surface area contributed by atoms with E-state index in [1.807, 2.05) is 0 Å². The first kappa shape index (κ1) is 29.9. The summed E-state index contributed by atoms with van der Waals surface area (Å²) in [5, 5.41) is 0. The molecule has 32 heavy (non-hydrogen) atoms. The Kier molecular flexibility index (Phi) is 18.9. The normalized spacial score (nSPS) is 22.3. The maximum absolute atomic E-state index is 6.47. The molecule has 0 spiro atoms. The van der Waals surface area contributed by atoms with Crippen LogP contribution in [0.2, 0.25) is 0 Å². The summed E-state index contributed by atoms with van der Waals surface area (Å²) in [7, 11) is 0. The molecule has 1 rings (SSSR count). The van der Waals surface area contributed by atoms with Crippen LogP contribution in [0.15, 0.2) is 0 Å². The zero-order valence-electron chi connectivity index (χ0n) is 22.4. The largest absolute Gasteiger partial charge is 0.376 e. The van der Waals surface area contributed by atoms with Crippen LogP contribution in [0.5, 0.6) is 0 Å². The van der Waals surface area contributed by atoms with Crippen molar-refractivity contribution in [2.45, 2.75) is 162 Å². The summed E-state index contributed by atoms with van der Waals surface area (Å²) < 4.78 is 18.3. The van der Waals surface area contributed by atoms with Crippen molar-refractivity contribution in [3.8, 4) is 0 Å². The van der Waals surface area contributed by atoms with E-state index < -0.39 is 5.79 Å². The third kappa shape index (κ3) is 15.7. The second-order valence-corrected chi connectivity index (χ2v) is 10.5. The van der Waals surface area contributed by atoms with E-state index >= 15 is 0 Å². The molecule has 1 aliphatic heterocycles. The molecule has 0 amide bonds.